The van der Waals surface area contributed by atoms with Crippen LogP contribution in [0.4, 0.5) is 5.69 Å². The summed E-state index contributed by atoms with van der Waals surface area (Å²) in [5.74, 6) is -0.000223. The summed E-state index contributed by atoms with van der Waals surface area (Å²) in [6.07, 6.45) is 0.449. The summed E-state index contributed by atoms with van der Waals surface area (Å²) >= 11 is 0. The van der Waals surface area contributed by atoms with Crippen molar-refractivity contribution in [3.8, 4) is 0 Å². The molecule has 4 nitrogen and oxygen atoms in total. The number of benzene rings is 1. The van der Waals surface area contributed by atoms with Crippen molar-refractivity contribution in [1.82, 2.24) is 0 Å². The Bertz CT molecular complexity index is 392. The highest BCUT2D eigenvalue weighted by Gasteiger charge is 2.23. The fourth-order valence-electron chi connectivity index (χ4n) is 1.64. The van der Waals surface area contributed by atoms with E-state index in [1.807, 2.05) is 38.1 Å². The molecule has 16 heavy (non-hydrogen) atoms. The largest absolute Gasteiger partial charge is 0.322 e. The number of anilines is 1. The molecule has 1 fully saturated rings. The molecular weight excluding hydrogens is 204 g/mol. The van der Waals surface area contributed by atoms with Crippen LogP contribution in [0.1, 0.15) is 25.8 Å². The molecule has 0 unspecified atom stereocenters. The van der Waals surface area contributed by atoms with E-state index >= 15 is 0 Å². The van der Waals surface area contributed by atoms with Gasteiger partial charge in [-0.1, -0.05) is 12.1 Å². The molecule has 1 heterocycles. The van der Waals surface area contributed by atoms with Crippen molar-refractivity contribution in [3.63, 3.8) is 0 Å². The third-order valence-corrected chi connectivity index (χ3v) is 2.61. The van der Waals surface area contributed by atoms with Crippen LogP contribution in [-0.2, 0) is 15.2 Å². The molecule has 0 spiro atoms. The summed E-state index contributed by atoms with van der Waals surface area (Å²) in [6, 6.07) is 7.55. The number of nitrogens with zero attached hydrogens (tertiary/aromatic N) is 1. The maximum absolute atomic E-state index is 11.4. The van der Waals surface area contributed by atoms with E-state index in [2.05, 4.69) is 0 Å². The average Bonchev–Trinajstić information content (AvgIpc) is 2.63. The molecule has 1 saturated heterocycles. The smallest absolute Gasteiger partial charge is 0.253 e. The van der Waals surface area contributed by atoms with Gasteiger partial charge in [0.15, 0.2) is 0 Å². The van der Waals surface area contributed by atoms with E-state index in [9.17, 15) is 4.79 Å². The first-order chi connectivity index (χ1) is 7.48. The normalized spacial score (nSPS) is 16.9. The second-order valence-electron chi connectivity index (χ2n) is 4.54. The van der Waals surface area contributed by atoms with Crippen LogP contribution in [0.2, 0.25) is 0 Å². The highest BCUT2D eigenvalue weighted by atomic mass is 16.7. The fraction of sp³-hybridized carbons (Fsp3) is 0.417. The lowest BCUT2D eigenvalue weighted by Crippen LogP contribution is -2.28. The summed E-state index contributed by atoms with van der Waals surface area (Å²) in [6.45, 7) is 4.35. The highest BCUT2D eigenvalue weighted by molar-refractivity contribution is 5.92. The third kappa shape index (κ3) is 2.08. The monoisotopic (exact) mass is 220 g/mol. The molecule has 0 aromatic heterocycles. The molecule has 1 aliphatic rings. The molecule has 2 N–H and O–H groups in total. The quantitative estimate of drug-likeness (QED) is 0.822. The first-order valence-corrected chi connectivity index (χ1v) is 5.34. The number of amides is 1. The zero-order valence-corrected chi connectivity index (χ0v) is 9.56. The number of hydroxylamine groups is 1. The Morgan fingerprint density at radius 3 is 2.38 bits per heavy atom. The lowest BCUT2D eigenvalue weighted by Gasteiger charge is -2.20. The van der Waals surface area contributed by atoms with Gasteiger partial charge in [-0.2, -0.15) is 5.06 Å². The van der Waals surface area contributed by atoms with Gasteiger partial charge in [0, 0.05) is 5.54 Å². The number of rotatable bonds is 2. The molecule has 2 rings (SSSR count). The summed E-state index contributed by atoms with van der Waals surface area (Å²) in [5, 5.41) is 1.34. The van der Waals surface area contributed by atoms with Crippen molar-refractivity contribution >= 4 is 11.6 Å². The van der Waals surface area contributed by atoms with Crippen molar-refractivity contribution in [3.05, 3.63) is 29.8 Å². The summed E-state index contributed by atoms with van der Waals surface area (Å²) < 4.78 is 0. The van der Waals surface area contributed by atoms with Gasteiger partial charge in [-0.3, -0.25) is 9.63 Å². The van der Waals surface area contributed by atoms with Gasteiger partial charge in [-0.25, -0.2) is 0 Å². The second kappa shape index (κ2) is 3.88. The van der Waals surface area contributed by atoms with Crippen LogP contribution in [0, 0.1) is 0 Å². The van der Waals surface area contributed by atoms with E-state index in [1.54, 1.807) is 0 Å². The van der Waals surface area contributed by atoms with Gasteiger partial charge >= 0.3 is 0 Å². The topological polar surface area (TPSA) is 55.6 Å². The lowest BCUT2D eigenvalue weighted by molar-refractivity contribution is -0.119. The Hall–Kier alpha value is -1.39. The molecule has 0 aliphatic carbocycles. The van der Waals surface area contributed by atoms with Crippen molar-refractivity contribution in [2.75, 3.05) is 11.7 Å². The van der Waals surface area contributed by atoms with Crippen LogP contribution in [0.5, 0.6) is 0 Å². The number of hydrogen-bond acceptors (Lipinski definition) is 3. The summed E-state index contributed by atoms with van der Waals surface area (Å²) in [5.41, 5.74) is 7.40. The number of hydrogen-bond donors (Lipinski definition) is 1. The predicted molar refractivity (Wildman–Crippen MR) is 61.7 cm³/mol. The lowest BCUT2D eigenvalue weighted by atomic mass is 9.95. The molecular formula is C12H16N2O2. The molecule has 1 amide bonds. The predicted octanol–water partition coefficient (Wildman–Crippen LogP) is 1.55. The van der Waals surface area contributed by atoms with E-state index in [-0.39, 0.29) is 11.4 Å². The number of carbonyl (C=O) groups is 1. The Morgan fingerprint density at radius 2 is 1.94 bits per heavy atom. The van der Waals surface area contributed by atoms with Gasteiger partial charge in [0.05, 0.1) is 18.7 Å². The van der Waals surface area contributed by atoms with Crippen LogP contribution >= 0.6 is 0 Å². The van der Waals surface area contributed by atoms with Gasteiger partial charge in [0.25, 0.3) is 5.91 Å². The van der Waals surface area contributed by atoms with Crippen molar-refractivity contribution in [2.45, 2.75) is 25.8 Å². The minimum atomic E-state index is -0.367. The molecule has 1 aliphatic heterocycles. The average molecular weight is 220 g/mol. The van der Waals surface area contributed by atoms with Crippen LogP contribution in [-0.4, -0.2) is 12.5 Å². The summed E-state index contributed by atoms with van der Waals surface area (Å²) in [4.78, 5) is 16.7. The van der Waals surface area contributed by atoms with E-state index in [1.165, 1.54) is 5.06 Å². The van der Waals surface area contributed by atoms with Gasteiger partial charge in [-0.05, 0) is 31.5 Å². The Kier molecular flexibility index (Phi) is 2.69. The van der Waals surface area contributed by atoms with Gasteiger partial charge in [-0.15, -0.1) is 0 Å². The molecule has 0 radical (unpaired) electrons. The van der Waals surface area contributed by atoms with Crippen LogP contribution in [0.25, 0.3) is 0 Å². The van der Waals surface area contributed by atoms with E-state index < -0.39 is 0 Å². The molecule has 0 saturated carbocycles. The Balaban J connectivity index is 2.22. The van der Waals surface area contributed by atoms with Gasteiger partial charge in [0.2, 0.25) is 0 Å². The van der Waals surface area contributed by atoms with Crippen molar-refractivity contribution in [1.29, 1.82) is 0 Å². The molecule has 86 valence electrons. The molecule has 1 aromatic carbocycles. The molecule has 1 aromatic rings. The Labute approximate surface area is 94.9 Å². The molecule has 0 atom stereocenters. The van der Waals surface area contributed by atoms with Gasteiger partial charge in [0.1, 0.15) is 0 Å². The van der Waals surface area contributed by atoms with E-state index in [0.717, 1.165) is 11.3 Å². The second-order valence-corrected chi connectivity index (χ2v) is 4.54. The zero-order valence-electron chi connectivity index (χ0n) is 9.56. The fourth-order valence-corrected chi connectivity index (χ4v) is 1.64. The highest BCUT2D eigenvalue weighted by Crippen LogP contribution is 2.24. The maximum Gasteiger partial charge on any atom is 0.253 e. The van der Waals surface area contributed by atoms with Crippen LogP contribution < -0.4 is 10.8 Å². The van der Waals surface area contributed by atoms with Crippen molar-refractivity contribution < 1.29 is 9.63 Å². The van der Waals surface area contributed by atoms with E-state index in [0.29, 0.717) is 13.0 Å². The minimum absolute atomic E-state index is 0.000223. The molecule has 0 bridgehead atoms. The first-order valence-electron chi connectivity index (χ1n) is 5.34. The minimum Gasteiger partial charge on any atom is -0.322 e. The van der Waals surface area contributed by atoms with Gasteiger partial charge < -0.3 is 5.73 Å². The summed E-state index contributed by atoms with van der Waals surface area (Å²) in [7, 11) is 0. The molecule has 4 heteroatoms. The SMILES string of the molecule is CC(C)(N)c1ccc(N2OCCC2=O)cc1. The zero-order chi connectivity index (χ0) is 11.8. The van der Waals surface area contributed by atoms with Crippen LogP contribution in [0.3, 0.4) is 0 Å². The van der Waals surface area contributed by atoms with Crippen molar-refractivity contribution in [2.24, 2.45) is 5.73 Å². The third-order valence-electron chi connectivity index (χ3n) is 2.61. The maximum atomic E-state index is 11.4. The number of nitrogens with two attached hydrogens (primary N) is 1. The number of carbonyl (C=O) groups excluding carboxylic acids is 1. The first kappa shape index (κ1) is 11.1. The van der Waals surface area contributed by atoms with E-state index in [4.69, 9.17) is 10.6 Å². The standard InChI is InChI=1S/C12H16N2O2/c1-12(2,13)9-3-5-10(6-4-9)14-11(15)7-8-16-14/h3-6H,7-8,13H2,1-2H3. The Morgan fingerprint density at radius 1 is 1.31 bits per heavy atom. The van der Waals surface area contributed by atoms with Crippen LogP contribution in [0.15, 0.2) is 24.3 Å².